The van der Waals surface area contributed by atoms with Gasteiger partial charge in [-0.2, -0.15) is 0 Å². The van der Waals surface area contributed by atoms with Crippen LogP contribution in [-0.2, 0) is 4.74 Å². The van der Waals surface area contributed by atoms with Crippen LogP contribution in [0.5, 0.6) is 11.5 Å². The molecule has 0 unspecified atom stereocenters. The summed E-state index contributed by atoms with van der Waals surface area (Å²) in [6.45, 7) is 3.97. The van der Waals surface area contributed by atoms with Gasteiger partial charge >= 0.3 is 6.09 Å². The molecule has 3 aliphatic rings. The summed E-state index contributed by atoms with van der Waals surface area (Å²) in [4.78, 5) is 14.0. The summed E-state index contributed by atoms with van der Waals surface area (Å²) >= 11 is 0. The smallest absolute Gasteiger partial charge is 0.411 e. The quantitative estimate of drug-likeness (QED) is 0.738. The molecule has 1 aromatic carbocycles. The van der Waals surface area contributed by atoms with Crippen molar-refractivity contribution < 1.29 is 19.0 Å². The maximum atomic E-state index is 12.2. The summed E-state index contributed by atoms with van der Waals surface area (Å²) < 4.78 is 16.2. The van der Waals surface area contributed by atoms with E-state index in [1.807, 2.05) is 38.1 Å². The predicted molar refractivity (Wildman–Crippen MR) is 70.6 cm³/mol. The molecule has 0 saturated carbocycles. The molecule has 0 aromatic heterocycles. The van der Waals surface area contributed by atoms with Crippen molar-refractivity contribution in [1.82, 2.24) is 4.90 Å². The van der Waals surface area contributed by atoms with Gasteiger partial charge in [-0.25, -0.2) is 4.79 Å². The second-order valence-corrected chi connectivity index (χ2v) is 5.45. The van der Waals surface area contributed by atoms with Gasteiger partial charge in [-0.1, -0.05) is 12.2 Å². The summed E-state index contributed by atoms with van der Waals surface area (Å²) in [6.07, 6.45) is 3.67. The number of carbonyl (C=O) groups excluding carboxylic acids is 1. The van der Waals surface area contributed by atoms with Crippen LogP contribution in [0.1, 0.15) is 37.1 Å². The molecule has 4 rings (SSSR count). The van der Waals surface area contributed by atoms with E-state index in [0.29, 0.717) is 0 Å². The van der Waals surface area contributed by atoms with Gasteiger partial charge in [0.15, 0.2) is 11.5 Å². The number of hydrogen-bond donors (Lipinski definition) is 0. The standard InChI is InChI=1S/C15H15NO4/c1-8(2)20-15(17)16-11-3-4-12(16)10-6-14-13(5-9(10)11)18-7-19-14/h3-6,8,11-12H,7H2,1-2H3/t11-,12+. The molecule has 2 bridgehead atoms. The number of benzene rings is 1. The lowest BCUT2D eigenvalue weighted by atomic mass is 9.96. The van der Waals surface area contributed by atoms with Gasteiger partial charge in [-0.05, 0) is 37.1 Å². The molecule has 3 aliphatic heterocycles. The third kappa shape index (κ3) is 1.46. The first-order valence-corrected chi connectivity index (χ1v) is 6.76. The van der Waals surface area contributed by atoms with Crippen molar-refractivity contribution in [3.05, 3.63) is 35.4 Å². The van der Waals surface area contributed by atoms with E-state index in [4.69, 9.17) is 14.2 Å². The van der Waals surface area contributed by atoms with Crippen molar-refractivity contribution in [2.75, 3.05) is 6.79 Å². The van der Waals surface area contributed by atoms with Crippen molar-refractivity contribution in [3.8, 4) is 11.5 Å². The van der Waals surface area contributed by atoms with Crippen LogP contribution in [0, 0.1) is 0 Å². The third-order valence-electron chi connectivity index (χ3n) is 3.84. The number of carbonyl (C=O) groups is 1. The Morgan fingerprint density at radius 2 is 1.75 bits per heavy atom. The summed E-state index contributed by atoms with van der Waals surface area (Å²) in [7, 11) is 0. The van der Waals surface area contributed by atoms with Gasteiger partial charge in [0.05, 0.1) is 18.2 Å². The van der Waals surface area contributed by atoms with Gasteiger partial charge in [-0.15, -0.1) is 0 Å². The first-order valence-electron chi connectivity index (χ1n) is 6.76. The molecule has 104 valence electrons. The zero-order valence-electron chi connectivity index (χ0n) is 11.3. The van der Waals surface area contributed by atoms with Crippen LogP contribution in [0.2, 0.25) is 0 Å². The van der Waals surface area contributed by atoms with Crippen molar-refractivity contribution in [1.29, 1.82) is 0 Å². The monoisotopic (exact) mass is 273 g/mol. The van der Waals surface area contributed by atoms with E-state index in [9.17, 15) is 4.79 Å². The summed E-state index contributed by atoms with van der Waals surface area (Å²) in [6, 6.07) is 3.83. The molecule has 20 heavy (non-hydrogen) atoms. The second-order valence-electron chi connectivity index (χ2n) is 5.45. The molecule has 3 heterocycles. The Bertz CT molecular complexity index is 582. The zero-order valence-corrected chi connectivity index (χ0v) is 11.3. The van der Waals surface area contributed by atoms with Crippen LogP contribution in [0.4, 0.5) is 4.79 Å². The molecule has 0 fully saturated rings. The lowest BCUT2D eigenvalue weighted by Crippen LogP contribution is -2.31. The van der Waals surface area contributed by atoms with E-state index in [-0.39, 0.29) is 31.1 Å². The Morgan fingerprint density at radius 1 is 1.20 bits per heavy atom. The van der Waals surface area contributed by atoms with Gasteiger partial charge < -0.3 is 14.2 Å². The van der Waals surface area contributed by atoms with Gasteiger partial charge in [0, 0.05) is 0 Å². The Hall–Kier alpha value is -2.17. The highest BCUT2D eigenvalue weighted by Gasteiger charge is 2.45. The third-order valence-corrected chi connectivity index (χ3v) is 3.84. The van der Waals surface area contributed by atoms with Crippen LogP contribution in [-0.4, -0.2) is 23.9 Å². The van der Waals surface area contributed by atoms with Crippen LogP contribution in [0.3, 0.4) is 0 Å². The largest absolute Gasteiger partial charge is 0.454 e. The highest BCUT2D eigenvalue weighted by Crippen LogP contribution is 2.52. The van der Waals surface area contributed by atoms with Crippen molar-refractivity contribution in [2.24, 2.45) is 0 Å². The van der Waals surface area contributed by atoms with Gasteiger partial charge in [0.2, 0.25) is 6.79 Å². The minimum atomic E-state index is -0.279. The fourth-order valence-electron chi connectivity index (χ4n) is 3.05. The fraction of sp³-hybridized carbons (Fsp3) is 0.400. The Labute approximate surface area is 116 Å². The van der Waals surface area contributed by atoms with Crippen LogP contribution < -0.4 is 9.47 Å². The Balaban J connectivity index is 1.71. The fourth-order valence-corrected chi connectivity index (χ4v) is 3.05. The highest BCUT2D eigenvalue weighted by atomic mass is 16.7. The average Bonchev–Trinajstić information content (AvgIpc) is 3.08. The van der Waals surface area contributed by atoms with E-state index in [1.54, 1.807) is 4.90 Å². The van der Waals surface area contributed by atoms with Crippen molar-refractivity contribution in [2.45, 2.75) is 32.0 Å². The minimum Gasteiger partial charge on any atom is -0.454 e. The van der Waals surface area contributed by atoms with E-state index in [2.05, 4.69) is 0 Å². The molecule has 0 N–H and O–H groups in total. The number of ether oxygens (including phenoxy) is 3. The maximum absolute atomic E-state index is 12.2. The zero-order chi connectivity index (χ0) is 13.9. The Morgan fingerprint density at radius 3 is 2.25 bits per heavy atom. The molecule has 0 spiro atoms. The van der Waals surface area contributed by atoms with Crippen LogP contribution >= 0.6 is 0 Å². The van der Waals surface area contributed by atoms with Crippen molar-refractivity contribution in [3.63, 3.8) is 0 Å². The number of hydrogen-bond acceptors (Lipinski definition) is 4. The van der Waals surface area contributed by atoms with Crippen LogP contribution in [0.25, 0.3) is 0 Å². The van der Waals surface area contributed by atoms with Gasteiger partial charge in [0.1, 0.15) is 0 Å². The first kappa shape index (κ1) is 11.6. The van der Waals surface area contributed by atoms with Gasteiger partial charge in [0.25, 0.3) is 0 Å². The average molecular weight is 273 g/mol. The molecule has 5 heteroatoms. The molecule has 1 aromatic rings. The Kier molecular flexibility index (Phi) is 2.28. The summed E-state index contributed by atoms with van der Waals surface area (Å²) in [5.74, 6) is 1.50. The summed E-state index contributed by atoms with van der Waals surface area (Å²) in [5, 5.41) is 0. The molecular weight excluding hydrogens is 258 g/mol. The molecule has 0 aliphatic carbocycles. The molecular formula is C15H15NO4. The molecule has 0 radical (unpaired) electrons. The van der Waals surface area contributed by atoms with Gasteiger partial charge in [-0.3, -0.25) is 4.90 Å². The lowest BCUT2D eigenvalue weighted by Gasteiger charge is -2.23. The predicted octanol–water partition coefficient (Wildman–Crippen LogP) is 2.93. The second kappa shape index (κ2) is 3.91. The molecule has 1 amide bonds. The SMILES string of the molecule is CC(C)OC(=O)N1[C@@H]2C=C[C@H]1c1cc3c(cc12)OCO3. The minimum absolute atomic E-state index is 0.0595. The number of nitrogens with zero attached hydrogens (tertiary/aromatic N) is 1. The number of fused-ring (bicyclic) bond motifs is 6. The lowest BCUT2D eigenvalue weighted by molar-refractivity contribution is 0.0691. The molecule has 2 atom stereocenters. The topological polar surface area (TPSA) is 48.0 Å². The van der Waals surface area contributed by atoms with E-state index >= 15 is 0 Å². The van der Waals surface area contributed by atoms with E-state index in [0.717, 1.165) is 22.6 Å². The highest BCUT2D eigenvalue weighted by molar-refractivity contribution is 5.74. The number of rotatable bonds is 1. The van der Waals surface area contributed by atoms with E-state index < -0.39 is 0 Å². The normalized spacial score (nSPS) is 24.4. The number of amides is 1. The molecule has 0 saturated heterocycles. The maximum Gasteiger partial charge on any atom is 0.411 e. The molecule has 5 nitrogen and oxygen atoms in total. The summed E-state index contributed by atoms with van der Waals surface area (Å²) in [5.41, 5.74) is 2.20. The van der Waals surface area contributed by atoms with E-state index in [1.165, 1.54) is 0 Å². The first-order chi connectivity index (χ1) is 9.65. The van der Waals surface area contributed by atoms with Crippen molar-refractivity contribution >= 4 is 6.09 Å². The van der Waals surface area contributed by atoms with Crippen LogP contribution in [0.15, 0.2) is 24.3 Å².